The van der Waals surface area contributed by atoms with Gasteiger partial charge in [-0.05, 0) is 38.7 Å². The number of ether oxygens (including phenoxy) is 5. The maximum absolute atomic E-state index is 12.6. The number of morpholine rings is 1. The molecule has 31 heavy (non-hydrogen) atoms. The summed E-state index contributed by atoms with van der Waals surface area (Å²) in [5.41, 5.74) is 2.55. The van der Waals surface area contributed by atoms with E-state index in [0.717, 1.165) is 49.5 Å². The molecule has 1 atom stereocenters. The van der Waals surface area contributed by atoms with Gasteiger partial charge in [0.05, 0.1) is 20.3 Å². The van der Waals surface area contributed by atoms with Crippen LogP contribution in [0.4, 0.5) is 0 Å². The molecule has 3 aliphatic rings. The number of hydrogen-bond acceptors (Lipinski definition) is 8. The van der Waals surface area contributed by atoms with E-state index in [1.165, 1.54) is 0 Å². The van der Waals surface area contributed by atoms with Gasteiger partial charge in [0.25, 0.3) is 0 Å². The SMILES string of the molecule is COc1c(C)c2c(c(OCCN3CCOCC3)c1CCC1(C)CCC(=O)O1)C(=O)OC2. The zero-order valence-corrected chi connectivity index (χ0v) is 18.6. The lowest BCUT2D eigenvalue weighted by atomic mass is 9.90. The van der Waals surface area contributed by atoms with Crippen molar-refractivity contribution in [1.29, 1.82) is 0 Å². The highest BCUT2D eigenvalue weighted by Crippen LogP contribution is 2.44. The smallest absolute Gasteiger partial charge is 0.342 e. The fourth-order valence-corrected chi connectivity index (χ4v) is 4.62. The minimum absolute atomic E-state index is 0.162. The molecule has 0 saturated carbocycles. The third-order valence-electron chi connectivity index (χ3n) is 6.51. The summed E-state index contributed by atoms with van der Waals surface area (Å²) in [5.74, 6) is 0.736. The first-order valence-electron chi connectivity index (χ1n) is 11.0. The number of fused-ring (bicyclic) bond motifs is 1. The van der Waals surface area contributed by atoms with Gasteiger partial charge in [-0.3, -0.25) is 9.69 Å². The first kappa shape index (κ1) is 21.9. The van der Waals surface area contributed by atoms with E-state index in [0.29, 0.717) is 49.4 Å². The fraction of sp³-hybridized carbons (Fsp3) is 0.652. The van der Waals surface area contributed by atoms with Crippen LogP contribution in [0.1, 0.15) is 53.2 Å². The standard InChI is InChI=1S/C23H31NO7/c1-15-17-14-30-22(26)19(17)21(29-13-10-24-8-11-28-12-9-24)16(20(15)27-3)4-6-23(2)7-5-18(25)31-23/h4-14H2,1-3H3. The molecule has 3 heterocycles. The van der Waals surface area contributed by atoms with Crippen molar-refractivity contribution in [3.63, 3.8) is 0 Å². The molecule has 0 spiro atoms. The van der Waals surface area contributed by atoms with E-state index in [4.69, 9.17) is 23.7 Å². The first-order valence-corrected chi connectivity index (χ1v) is 11.0. The number of methoxy groups -OCH3 is 1. The van der Waals surface area contributed by atoms with Crippen LogP contribution in [-0.4, -0.2) is 69.0 Å². The topological polar surface area (TPSA) is 83.5 Å². The Bertz CT molecular complexity index is 862. The van der Waals surface area contributed by atoms with Crippen LogP contribution in [0.3, 0.4) is 0 Å². The second-order valence-corrected chi connectivity index (χ2v) is 8.62. The summed E-state index contributed by atoms with van der Waals surface area (Å²) in [5, 5.41) is 0. The number of carbonyl (C=O) groups is 2. The van der Waals surface area contributed by atoms with E-state index < -0.39 is 5.60 Å². The molecule has 0 radical (unpaired) electrons. The van der Waals surface area contributed by atoms with E-state index in [-0.39, 0.29) is 18.5 Å². The lowest BCUT2D eigenvalue weighted by Gasteiger charge is -2.27. The molecular formula is C23H31NO7. The van der Waals surface area contributed by atoms with Gasteiger partial charge >= 0.3 is 11.9 Å². The number of rotatable bonds is 8. The minimum atomic E-state index is -0.513. The lowest BCUT2D eigenvalue weighted by Crippen LogP contribution is -2.38. The Morgan fingerprint density at radius 3 is 2.61 bits per heavy atom. The maximum atomic E-state index is 12.6. The molecule has 170 valence electrons. The third kappa shape index (κ3) is 4.50. The minimum Gasteiger partial charge on any atom is -0.496 e. The Kier molecular flexibility index (Phi) is 6.39. The molecule has 1 aromatic rings. The van der Waals surface area contributed by atoms with E-state index >= 15 is 0 Å². The largest absolute Gasteiger partial charge is 0.496 e. The first-order chi connectivity index (χ1) is 14.9. The fourth-order valence-electron chi connectivity index (χ4n) is 4.62. The van der Waals surface area contributed by atoms with Gasteiger partial charge in [0.15, 0.2) is 0 Å². The van der Waals surface area contributed by atoms with Crippen molar-refractivity contribution >= 4 is 11.9 Å². The molecule has 0 amide bonds. The average molecular weight is 434 g/mol. The molecule has 0 aromatic heterocycles. The van der Waals surface area contributed by atoms with Crippen LogP contribution in [0.15, 0.2) is 0 Å². The summed E-state index contributed by atoms with van der Waals surface area (Å²) in [6.45, 7) is 8.52. The molecule has 0 N–H and O–H groups in total. The number of esters is 2. The van der Waals surface area contributed by atoms with Crippen LogP contribution in [0.25, 0.3) is 0 Å². The number of cyclic esters (lactones) is 2. The van der Waals surface area contributed by atoms with Gasteiger partial charge in [-0.15, -0.1) is 0 Å². The zero-order valence-electron chi connectivity index (χ0n) is 18.6. The van der Waals surface area contributed by atoms with Gasteiger partial charge in [-0.25, -0.2) is 4.79 Å². The maximum Gasteiger partial charge on any atom is 0.342 e. The second-order valence-electron chi connectivity index (χ2n) is 8.62. The van der Waals surface area contributed by atoms with Crippen molar-refractivity contribution in [2.75, 3.05) is 46.6 Å². The van der Waals surface area contributed by atoms with Crippen molar-refractivity contribution in [2.24, 2.45) is 0 Å². The van der Waals surface area contributed by atoms with E-state index in [1.807, 2.05) is 13.8 Å². The van der Waals surface area contributed by atoms with Crippen molar-refractivity contribution in [1.82, 2.24) is 4.90 Å². The summed E-state index contributed by atoms with van der Waals surface area (Å²) in [6, 6.07) is 0. The molecule has 8 nitrogen and oxygen atoms in total. The molecule has 2 fully saturated rings. The predicted molar refractivity (Wildman–Crippen MR) is 112 cm³/mol. The second kappa shape index (κ2) is 9.04. The lowest BCUT2D eigenvalue weighted by molar-refractivity contribution is -0.147. The van der Waals surface area contributed by atoms with Crippen LogP contribution in [0.5, 0.6) is 11.5 Å². The van der Waals surface area contributed by atoms with Crippen LogP contribution >= 0.6 is 0 Å². The van der Waals surface area contributed by atoms with Gasteiger partial charge in [0.1, 0.15) is 35.9 Å². The molecule has 3 aliphatic heterocycles. The van der Waals surface area contributed by atoms with Gasteiger partial charge in [0, 0.05) is 37.2 Å². The number of hydrogen-bond donors (Lipinski definition) is 0. The van der Waals surface area contributed by atoms with Crippen molar-refractivity contribution in [2.45, 2.75) is 51.7 Å². The number of carbonyl (C=O) groups excluding carboxylic acids is 2. The third-order valence-corrected chi connectivity index (χ3v) is 6.51. The molecule has 2 saturated heterocycles. The van der Waals surface area contributed by atoms with E-state index in [9.17, 15) is 9.59 Å². The molecule has 4 rings (SSSR count). The van der Waals surface area contributed by atoms with Crippen molar-refractivity contribution in [3.05, 3.63) is 22.3 Å². The highest BCUT2D eigenvalue weighted by atomic mass is 16.6. The molecule has 0 aliphatic carbocycles. The van der Waals surface area contributed by atoms with Crippen LogP contribution in [0, 0.1) is 6.92 Å². The van der Waals surface area contributed by atoms with Crippen LogP contribution < -0.4 is 9.47 Å². The van der Waals surface area contributed by atoms with Gasteiger partial charge < -0.3 is 23.7 Å². The monoisotopic (exact) mass is 433 g/mol. The van der Waals surface area contributed by atoms with Gasteiger partial charge in [-0.2, -0.15) is 0 Å². The van der Waals surface area contributed by atoms with Crippen LogP contribution in [-0.2, 0) is 32.0 Å². The Morgan fingerprint density at radius 1 is 1.16 bits per heavy atom. The average Bonchev–Trinajstić information content (AvgIpc) is 3.31. The summed E-state index contributed by atoms with van der Waals surface area (Å²) < 4.78 is 28.3. The summed E-state index contributed by atoms with van der Waals surface area (Å²) in [4.78, 5) is 26.5. The Hall–Kier alpha value is -2.32. The van der Waals surface area contributed by atoms with E-state index in [1.54, 1.807) is 7.11 Å². The van der Waals surface area contributed by atoms with Crippen molar-refractivity contribution < 1.29 is 33.3 Å². The molecule has 8 heteroatoms. The molecule has 0 bridgehead atoms. The Labute approximate surface area is 182 Å². The Morgan fingerprint density at radius 2 is 1.94 bits per heavy atom. The van der Waals surface area contributed by atoms with Gasteiger partial charge in [0.2, 0.25) is 0 Å². The molecule has 1 aromatic carbocycles. The number of benzene rings is 1. The summed E-state index contributed by atoms with van der Waals surface area (Å²) in [7, 11) is 1.63. The quantitative estimate of drug-likeness (QED) is 0.578. The van der Waals surface area contributed by atoms with Gasteiger partial charge in [-0.1, -0.05) is 0 Å². The summed E-state index contributed by atoms with van der Waals surface area (Å²) in [6.07, 6.45) is 2.32. The van der Waals surface area contributed by atoms with Crippen molar-refractivity contribution in [3.8, 4) is 11.5 Å². The molecular weight excluding hydrogens is 402 g/mol. The predicted octanol–water partition coefficient (Wildman–Crippen LogP) is 2.41. The molecule has 1 unspecified atom stereocenters. The Balaban J connectivity index is 1.61. The normalized spacial score (nSPS) is 23.5. The van der Waals surface area contributed by atoms with Crippen LogP contribution in [0.2, 0.25) is 0 Å². The zero-order chi connectivity index (χ0) is 22.0. The highest BCUT2D eigenvalue weighted by Gasteiger charge is 2.38. The number of nitrogens with zero attached hydrogens (tertiary/aromatic N) is 1. The highest BCUT2D eigenvalue weighted by molar-refractivity contribution is 5.98. The summed E-state index contributed by atoms with van der Waals surface area (Å²) >= 11 is 0. The van der Waals surface area contributed by atoms with E-state index in [2.05, 4.69) is 4.90 Å².